The van der Waals surface area contributed by atoms with E-state index in [-0.39, 0.29) is 24.7 Å². The summed E-state index contributed by atoms with van der Waals surface area (Å²) in [5, 5.41) is 0. The van der Waals surface area contributed by atoms with E-state index >= 15 is 0 Å². The van der Waals surface area contributed by atoms with Crippen molar-refractivity contribution in [3.63, 3.8) is 0 Å². The highest BCUT2D eigenvalue weighted by Crippen LogP contribution is 2.35. The lowest BCUT2D eigenvalue weighted by Gasteiger charge is -2.34. The average Bonchev–Trinajstić information content (AvgIpc) is 1.99. The number of rotatable bonds is 5. The maximum atomic E-state index is 12.6. The molecule has 12 heavy (non-hydrogen) atoms. The Labute approximate surface area is 74.4 Å². The largest absolute Gasteiger partial charge is 0.251 e. The zero-order valence-electron chi connectivity index (χ0n) is 8.53. The van der Waals surface area contributed by atoms with Gasteiger partial charge in [-0.2, -0.15) is 0 Å². The van der Waals surface area contributed by atoms with Gasteiger partial charge in [-0.1, -0.05) is 27.7 Å². The van der Waals surface area contributed by atoms with Gasteiger partial charge >= 0.3 is 0 Å². The third-order valence-electron chi connectivity index (χ3n) is 2.57. The van der Waals surface area contributed by atoms with Crippen molar-refractivity contribution >= 4 is 0 Å². The van der Waals surface area contributed by atoms with Crippen LogP contribution in [-0.2, 0) is 0 Å². The molecule has 0 rings (SSSR count). The summed E-state index contributed by atoms with van der Waals surface area (Å²) in [5.41, 5.74) is -0.375. The molecule has 0 nitrogen and oxygen atoms in total. The maximum Gasteiger partial charge on any atom is 0.0948 e. The molecule has 0 heterocycles. The average molecular weight is 178 g/mol. The van der Waals surface area contributed by atoms with Crippen LogP contribution in [0.25, 0.3) is 0 Å². The normalized spacial score (nSPS) is 15.2. The van der Waals surface area contributed by atoms with Crippen LogP contribution in [0.5, 0.6) is 0 Å². The van der Waals surface area contributed by atoms with E-state index in [4.69, 9.17) is 0 Å². The van der Waals surface area contributed by atoms with Gasteiger partial charge in [0.25, 0.3) is 0 Å². The second-order valence-corrected chi connectivity index (χ2v) is 4.45. The van der Waals surface area contributed by atoms with Gasteiger partial charge in [-0.05, 0) is 23.7 Å². The number of halogens is 2. The number of alkyl halides is 2. The predicted molar refractivity (Wildman–Crippen MR) is 48.7 cm³/mol. The highest BCUT2D eigenvalue weighted by molar-refractivity contribution is 4.79. The van der Waals surface area contributed by atoms with Crippen LogP contribution in [0.1, 0.15) is 34.1 Å². The van der Waals surface area contributed by atoms with Gasteiger partial charge in [0.15, 0.2) is 0 Å². The van der Waals surface area contributed by atoms with E-state index in [1.807, 2.05) is 27.7 Å². The maximum absolute atomic E-state index is 12.6. The minimum absolute atomic E-state index is 0.146. The molecule has 0 aliphatic heterocycles. The van der Waals surface area contributed by atoms with E-state index in [2.05, 4.69) is 0 Å². The lowest BCUT2D eigenvalue weighted by Crippen LogP contribution is -2.30. The Kier molecular flexibility index (Phi) is 4.73. The molecular formula is C10H20F2. The van der Waals surface area contributed by atoms with Crippen LogP contribution in [-0.4, -0.2) is 13.3 Å². The summed E-state index contributed by atoms with van der Waals surface area (Å²) in [5.74, 6) is 0.499. The van der Waals surface area contributed by atoms with Crippen molar-refractivity contribution in [1.82, 2.24) is 0 Å². The molecular weight excluding hydrogens is 158 g/mol. The van der Waals surface area contributed by atoms with Crippen LogP contribution < -0.4 is 0 Å². The van der Waals surface area contributed by atoms with Crippen LogP contribution in [0.2, 0.25) is 0 Å². The molecule has 0 aromatic carbocycles. The minimum atomic E-state index is -0.375. The summed E-state index contributed by atoms with van der Waals surface area (Å²) in [6.07, 6.45) is 0.481. The summed E-state index contributed by atoms with van der Waals surface area (Å²) in [6, 6.07) is 0. The zero-order valence-corrected chi connectivity index (χ0v) is 8.53. The van der Waals surface area contributed by atoms with Crippen molar-refractivity contribution in [2.24, 2.45) is 17.3 Å². The Balaban J connectivity index is 4.27. The Morgan fingerprint density at radius 1 is 1.17 bits per heavy atom. The van der Waals surface area contributed by atoms with Crippen molar-refractivity contribution in [2.45, 2.75) is 34.1 Å². The van der Waals surface area contributed by atoms with Gasteiger partial charge in [0.2, 0.25) is 0 Å². The van der Waals surface area contributed by atoms with E-state index in [0.717, 1.165) is 0 Å². The molecule has 0 aliphatic carbocycles. The van der Waals surface area contributed by atoms with Crippen LogP contribution in [0.15, 0.2) is 0 Å². The fourth-order valence-electron chi connectivity index (χ4n) is 1.84. The molecule has 0 saturated heterocycles. The molecule has 0 spiro atoms. The molecule has 1 unspecified atom stereocenters. The van der Waals surface area contributed by atoms with E-state index in [9.17, 15) is 8.78 Å². The van der Waals surface area contributed by atoms with Crippen LogP contribution in [0.3, 0.4) is 0 Å². The van der Waals surface area contributed by atoms with E-state index in [1.165, 1.54) is 0 Å². The summed E-state index contributed by atoms with van der Waals surface area (Å²) in [4.78, 5) is 0. The SMILES string of the molecule is CC(C)C(CCF)C(C)(C)CF. The van der Waals surface area contributed by atoms with Gasteiger partial charge in [-0.3, -0.25) is 8.78 Å². The van der Waals surface area contributed by atoms with Crippen LogP contribution in [0, 0.1) is 17.3 Å². The van der Waals surface area contributed by atoms with Gasteiger partial charge in [-0.15, -0.1) is 0 Å². The fraction of sp³-hybridized carbons (Fsp3) is 1.00. The van der Waals surface area contributed by atoms with Gasteiger partial charge in [-0.25, -0.2) is 0 Å². The summed E-state index contributed by atoms with van der Waals surface area (Å²) in [7, 11) is 0. The zero-order chi connectivity index (χ0) is 9.78. The second-order valence-electron chi connectivity index (χ2n) is 4.45. The Bertz CT molecular complexity index is 119. The summed E-state index contributed by atoms with van der Waals surface area (Å²) in [6.45, 7) is 7.08. The highest BCUT2D eigenvalue weighted by atomic mass is 19.1. The lowest BCUT2D eigenvalue weighted by atomic mass is 9.72. The second kappa shape index (κ2) is 4.78. The van der Waals surface area contributed by atoms with Gasteiger partial charge in [0, 0.05) is 0 Å². The van der Waals surface area contributed by atoms with E-state index in [0.29, 0.717) is 12.3 Å². The fourth-order valence-corrected chi connectivity index (χ4v) is 1.84. The predicted octanol–water partition coefficient (Wildman–Crippen LogP) is 3.61. The smallest absolute Gasteiger partial charge is 0.0948 e. The molecule has 0 saturated carbocycles. The molecule has 0 radical (unpaired) electrons. The van der Waals surface area contributed by atoms with E-state index in [1.54, 1.807) is 0 Å². The van der Waals surface area contributed by atoms with Crippen molar-refractivity contribution in [3.05, 3.63) is 0 Å². The van der Waals surface area contributed by atoms with E-state index < -0.39 is 0 Å². The molecule has 0 fully saturated rings. The first kappa shape index (κ1) is 11.9. The topological polar surface area (TPSA) is 0 Å². The molecule has 0 bridgehead atoms. The van der Waals surface area contributed by atoms with Crippen LogP contribution in [0.4, 0.5) is 8.78 Å². The summed E-state index contributed by atoms with van der Waals surface area (Å²) >= 11 is 0. The minimum Gasteiger partial charge on any atom is -0.251 e. The summed E-state index contributed by atoms with van der Waals surface area (Å²) < 4.78 is 24.7. The molecule has 0 aromatic rings. The molecule has 0 amide bonds. The first-order valence-corrected chi connectivity index (χ1v) is 4.57. The standard InChI is InChI=1S/C10H20F2/c1-8(2)9(5-6-11)10(3,4)7-12/h8-9H,5-7H2,1-4H3. The third-order valence-corrected chi connectivity index (χ3v) is 2.57. The number of hydrogen-bond donors (Lipinski definition) is 0. The van der Waals surface area contributed by atoms with Gasteiger partial charge in [0.05, 0.1) is 13.3 Å². The lowest BCUT2D eigenvalue weighted by molar-refractivity contribution is 0.101. The van der Waals surface area contributed by atoms with Crippen molar-refractivity contribution in [1.29, 1.82) is 0 Å². The van der Waals surface area contributed by atoms with Crippen molar-refractivity contribution < 1.29 is 8.78 Å². The van der Waals surface area contributed by atoms with Gasteiger partial charge < -0.3 is 0 Å². The van der Waals surface area contributed by atoms with Crippen molar-refractivity contribution in [3.8, 4) is 0 Å². The first-order valence-electron chi connectivity index (χ1n) is 4.57. The third kappa shape index (κ3) is 3.08. The molecule has 0 aliphatic rings. The Morgan fingerprint density at radius 3 is 1.92 bits per heavy atom. The molecule has 0 N–H and O–H groups in total. The van der Waals surface area contributed by atoms with Crippen LogP contribution >= 0.6 is 0 Å². The Morgan fingerprint density at radius 2 is 1.67 bits per heavy atom. The molecule has 2 heteroatoms. The Hall–Kier alpha value is -0.140. The quantitative estimate of drug-likeness (QED) is 0.603. The number of hydrogen-bond acceptors (Lipinski definition) is 0. The molecule has 74 valence electrons. The molecule has 0 aromatic heterocycles. The van der Waals surface area contributed by atoms with Gasteiger partial charge in [0.1, 0.15) is 0 Å². The monoisotopic (exact) mass is 178 g/mol. The van der Waals surface area contributed by atoms with Crippen molar-refractivity contribution in [2.75, 3.05) is 13.3 Å². The highest BCUT2D eigenvalue weighted by Gasteiger charge is 2.31. The first-order chi connectivity index (χ1) is 5.45. The molecule has 1 atom stereocenters.